The summed E-state index contributed by atoms with van der Waals surface area (Å²) in [5.41, 5.74) is 3.14. The third-order valence-corrected chi connectivity index (χ3v) is 3.14. The third kappa shape index (κ3) is 5.84. The molecule has 0 spiro atoms. The Hall–Kier alpha value is -0.720. The van der Waals surface area contributed by atoms with Crippen molar-refractivity contribution in [3.8, 4) is 0 Å². The first kappa shape index (κ1) is 16.3. The first-order chi connectivity index (χ1) is 9.19. The third-order valence-electron chi connectivity index (χ3n) is 2.79. The van der Waals surface area contributed by atoms with Crippen molar-refractivity contribution in [1.82, 2.24) is 5.43 Å². The lowest BCUT2D eigenvalue weighted by atomic mass is 10.0. The Morgan fingerprint density at radius 1 is 1.37 bits per heavy atom. The van der Waals surface area contributed by atoms with Crippen LogP contribution in [0.2, 0.25) is 5.02 Å². The van der Waals surface area contributed by atoms with E-state index in [1.807, 2.05) is 0 Å². The molecule has 108 valence electrons. The van der Waals surface area contributed by atoms with Crippen LogP contribution in [-0.2, 0) is 15.9 Å². The van der Waals surface area contributed by atoms with Gasteiger partial charge in [-0.05, 0) is 25.0 Å². The predicted octanol–water partition coefficient (Wildman–Crippen LogP) is 1.91. The van der Waals surface area contributed by atoms with E-state index >= 15 is 0 Å². The second-order valence-electron chi connectivity index (χ2n) is 4.16. The highest BCUT2D eigenvalue weighted by Gasteiger charge is 2.13. The molecule has 1 aromatic rings. The molecule has 1 rings (SSSR count). The maximum atomic E-state index is 13.6. The smallest absolute Gasteiger partial charge is 0.127 e. The summed E-state index contributed by atoms with van der Waals surface area (Å²) < 4.78 is 23.9. The van der Waals surface area contributed by atoms with Crippen molar-refractivity contribution < 1.29 is 13.9 Å². The molecule has 1 unspecified atom stereocenters. The first-order valence-electron chi connectivity index (χ1n) is 6.14. The number of hydrogen-bond donors (Lipinski definition) is 2. The van der Waals surface area contributed by atoms with Gasteiger partial charge < -0.3 is 9.47 Å². The average Bonchev–Trinajstić information content (AvgIpc) is 2.40. The number of hydrogen-bond acceptors (Lipinski definition) is 4. The summed E-state index contributed by atoms with van der Waals surface area (Å²) in [6.45, 7) is 1.62. The van der Waals surface area contributed by atoms with Crippen LogP contribution >= 0.6 is 11.6 Å². The second-order valence-corrected chi connectivity index (χ2v) is 4.57. The van der Waals surface area contributed by atoms with Gasteiger partial charge in [-0.1, -0.05) is 17.7 Å². The molecule has 0 aliphatic carbocycles. The van der Waals surface area contributed by atoms with E-state index < -0.39 is 0 Å². The van der Waals surface area contributed by atoms with Crippen molar-refractivity contribution in [2.75, 3.05) is 26.9 Å². The van der Waals surface area contributed by atoms with E-state index in [1.54, 1.807) is 19.2 Å². The number of hydrazine groups is 1. The summed E-state index contributed by atoms with van der Waals surface area (Å²) in [7, 11) is 1.62. The van der Waals surface area contributed by atoms with Crippen LogP contribution in [0.3, 0.4) is 0 Å². The van der Waals surface area contributed by atoms with E-state index in [2.05, 4.69) is 5.43 Å². The van der Waals surface area contributed by atoms with Gasteiger partial charge in [0, 0.05) is 30.3 Å². The van der Waals surface area contributed by atoms with Crippen molar-refractivity contribution in [1.29, 1.82) is 0 Å². The summed E-state index contributed by atoms with van der Waals surface area (Å²) >= 11 is 5.98. The molecule has 3 N–H and O–H groups in total. The van der Waals surface area contributed by atoms with Gasteiger partial charge in [0.2, 0.25) is 0 Å². The van der Waals surface area contributed by atoms with Crippen LogP contribution in [0.5, 0.6) is 0 Å². The number of benzene rings is 1. The van der Waals surface area contributed by atoms with E-state index in [1.165, 1.54) is 6.07 Å². The lowest BCUT2D eigenvalue weighted by Crippen LogP contribution is -2.38. The zero-order chi connectivity index (χ0) is 14.1. The molecule has 1 aromatic carbocycles. The summed E-state index contributed by atoms with van der Waals surface area (Å²) in [5, 5.41) is 0.417. The van der Waals surface area contributed by atoms with Crippen LogP contribution < -0.4 is 11.3 Å². The van der Waals surface area contributed by atoms with Crippen LogP contribution in [0, 0.1) is 5.82 Å². The Labute approximate surface area is 118 Å². The monoisotopic (exact) mass is 290 g/mol. The molecule has 4 nitrogen and oxygen atoms in total. The fourth-order valence-corrected chi connectivity index (χ4v) is 1.93. The number of ether oxygens (including phenoxy) is 2. The molecular weight excluding hydrogens is 271 g/mol. The molecule has 0 fully saturated rings. The molecular formula is C13H20ClFN2O2. The number of methoxy groups -OCH3 is 1. The van der Waals surface area contributed by atoms with Gasteiger partial charge in [-0.15, -0.1) is 0 Å². The van der Waals surface area contributed by atoms with E-state index in [0.717, 1.165) is 0 Å². The Morgan fingerprint density at radius 3 is 2.79 bits per heavy atom. The van der Waals surface area contributed by atoms with Gasteiger partial charge in [0.1, 0.15) is 5.82 Å². The Bertz CT molecular complexity index is 359. The van der Waals surface area contributed by atoms with Gasteiger partial charge in [-0.3, -0.25) is 11.3 Å². The highest BCUT2D eigenvalue weighted by atomic mass is 35.5. The summed E-state index contributed by atoms with van der Waals surface area (Å²) in [5.74, 6) is 5.15. The van der Waals surface area contributed by atoms with Gasteiger partial charge in [-0.25, -0.2) is 4.39 Å². The van der Waals surface area contributed by atoms with Gasteiger partial charge >= 0.3 is 0 Å². The molecule has 6 heteroatoms. The van der Waals surface area contributed by atoms with Crippen molar-refractivity contribution in [3.05, 3.63) is 34.6 Å². The van der Waals surface area contributed by atoms with Gasteiger partial charge in [0.15, 0.2) is 0 Å². The van der Waals surface area contributed by atoms with Crippen molar-refractivity contribution in [3.63, 3.8) is 0 Å². The van der Waals surface area contributed by atoms with Crippen LogP contribution in [0.4, 0.5) is 4.39 Å². The maximum absolute atomic E-state index is 13.6. The molecule has 0 aliphatic heterocycles. The fraction of sp³-hybridized carbons (Fsp3) is 0.538. The minimum Gasteiger partial charge on any atom is -0.382 e. The van der Waals surface area contributed by atoms with Gasteiger partial charge in [0.25, 0.3) is 0 Å². The van der Waals surface area contributed by atoms with Gasteiger partial charge in [-0.2, -0.15) is 0 Å². The molecule has 0 saturated heterocycles. The highest BCUT2D eigenvalue weighted by molar-refractivity contribution is 6.31. The summed E-state index contributed by atoms with van der Waals surface area (Å²) in [4.78, 5) is 0. The van der Waals surface area contributed by atoms with Crippen molar-refractivity contribution in [2.45, 2.75) is 18.9 Å². The van der Waals surface area contributed by atoms with E-state index in [9.17, 15) is 4.39 Å². The van der Waals surface area contributed by atoms with E-state index in [0.29, 0.717) is 43.2 Å². The number of halogens is 2. The average molecular weight is 291 g/mol. The fourth-order valence-electron chi connectivity index (χ4n) is 1.69. The molecule has 0 bridgehead atoms. The highest BCUT2D eigenvalue weighted by Crippen LogP contribution is 2.21. The van der Waals surface area contributed by atoms with Crippen LogP contribution in [0.15, 0.2) is 18.2 Å². The molecule has 1 atom stereocenters. The van der Waals surface area contributed by atoms with Crippen molar-refractivity contribution in [2.24, 2.45) is 5.84 Å². The van der Waals surface area contributed by atoms with Crippen LogP contribution in [-0.4, -0.2) is 33.0 Å². The minimum atomic E-state index is -0.312. The summed E-state index contributed by atoms with van der Waals surface area (Å²) in [6, 6.07) is 4.56. The number of nitrogens with one attached hydrogen (secondary N) is 1. The Morgan fingerprint density at radius 2 is 2.16 bits per heavy atom. The van der Waals surface area contributed by atoms with Crippen LogP contribution in [0.25, 0.3) is 0 Å². The first-order valence-corrected chi connectivity index (χ1v) is 6.52. The molecule has 0 saturated carbocycles. The van der Waals surface area contributed by atoms with Crippen LogP contribution in [0.1, 0.15) is 12.0 Å². The molecule has 19 heavy (non-hydrogen) atoms. The topological polar surface area (TPSA) is 56.5 Å². The lowest BCUT2D eigenvalue weighted by molar-refractivity contribution is 0.0658. The van der Waals surface area contributed by atoms with Gasteiger partial charge in [0.05, 0.1) is 13.2 Å². The standard InChI is InChI=1S/C13H20ClFN2O2/c1-18-7-8-19-6-5-10(17-16)9-11-12(14)3-2-4-13(11)15/h2-4,10,17H,5-9,16H2,1H3. The minimum absolute atomic E-state index is 0.0862. The molecule has 0 amide bonds. The maximum Gasteiger partial charge on any atom is 0.127 e. The molecule has 0 heterocycles. The molecule has 0 radical (unpaired) electrons. The Kier molecular flexibility index (Phi) is 7.93. The van der Waals surface area contributed by atoms with Crippen molar-refractivity contribution >= 4 is 11.6 Å². The zero-order valence-corrected chi connectivity index (χ0v) is 11.8. The van der Waals surface area contributed by atoms with E-state index in [-0.39, 0.29) is 11.9 Å². The lowest BCUT2D eigenvalue weighted by Gasteiger charge is -2.17. The van der Waals surface area contributed by atoms with E-state index in [4.69, 9.17) is 26.9 Å². The quantitative estimate of drug-likeness (QED) is 0.414. The normalized spacial score (nSPS) is 12.6. The molecule has 0 aliphatic rings. The summed E-state index contributed by atoms with van der Waals surface area (Å²) in [6.07, 6.45) is 1.10. The number of nitrogens with two attached hydrogens (primary N) is 1. The largest absolute Gasteiger partial charge is 0.382 e. The number of rotatable bonds is 9. The molecule has 0 aromatic heterocycles. The second kappa shape index (κ2) is 9.23. The zero-order valence-electron chi connectivity index (χ0n) is 11.0. The predicted molar refractivity (Wildman–Crippen MR) is 73.5 cm³/mol. The SMILES string of the molecule is COCCOCCC(Cc1c(F)cccc1Cl)NN. The Balaban J connectivity index is 2.43.